The van der Waals surface area contributed by atoms with E-state index in [0.29, 0.717) is 28.7 Å². The van der Waals surface area contributed by atoms with Gasteiger partial charge in [0.2, 0.25) is 0 Å². The van der Waals surface area contributed by atoms with Crippen LogP contribution in [0.3, 0.4) is 0 Å². The maximum Gasteiger partial charge on any atom is 0.255 e. The van der Waals surface area contributed by atoms with Crippen molar-refractivity contribution in [2.45, 2.75) is 20.3 Å². The third-order valence-electron chi connectivity index (χ3n) is 3.38. The van der Waals surface area contributed by atoms with Crippen LogP contribution in [0.1, 0.15) is 30.6 Å². The smallest absolute Gasteiger partial charge is 0.255 e. The van der Waals surface area contributed by atoms with Crippen LogP contribution in [-0.4, -0.2) is 24.5 Å². The Labute approximate surface area is 137 Å². The molecule has 0 radical (unpaired) electrons. The van der Waals surface area contributed by atoms with Gasteiger partial charge < -0.3 is 15.4 Å². The molecule has 0 spiro atoms. The number of methoxy groups -OCH3 is 1. The zero-order valence-electron chi connectivity index (χ0n) is 13.8. The summed E-state index contributed by atoms with van der Waals surface area (Å²) in [5.41, 5.74) is 1.26. The summed E-state index contributed by atoms with van der Waals surface area (Å²) in [4.78, 5) is 16.6. The first-order chi connectivity index (χ1) is 11.1. The largest absolute Gasteiger partial charge is 0.497 e. The molecule has 0 aliphatic heterocycles. The van der Waals surface area contributed by atoms with Crippen molar-refractivity contribution in [3.8, 4) is 5.75 Å². The molecule has 23 heavy (non-hydrogen) atoms. The average molecular weight is 313 g/mol. The topological polar surface area (TPSA) is 63.2 Å². The Hall–Kier alpha value is -2.56. The van der Waals surface area contributed by atoms with Crippen molar-refractivity contribution in [3.05, 3.63) is 48.2 Å². The Balaban J connectivity index is 2.01. The second-order valence-electron chi connectivity index (χ2n) is 5.73. The quantitative estimate of drug-likeness (QED) is 0.816. The van der Waals surface area contributed by atoms with E-state index in [1.807, 2.05) is 18.2 Å². The minimum absolute atomic E-state index is 0.174. The summed E-state index contributed by atoms with van der Waals surface area (Å²) in [6, 6.07) is 10.7. The van der Waals surface area contributed by atoms with E-state index in [4.69, 9.17) is 4.74 Å². The Bertz CT molecular complexity index is 656. The zero-order valence-corrected chi connectivity index (χ0v) is 13.8. The first-order valence-corrected chi connectivity index (χ1v) is 7.74. The molecule has 2 rings (SSSR count). The zero-order chi connectivity index (χ0) is 16.7. The molecule has 0 fully saturated rings. The second kappa shape index (κ2) is 8.17. The molecule has 0 aliphatic carbocycles. The molecular formula is C18H23N3O2. The van der Waals surface area contributed by atoms with E-state index in [1.54, 1.807) is 31.5 Å². The number of benzene rings is 1. The van der Waals surface area contributed by atoms with E-state index >= 15 is 0 Å². The van der Waals surface area contributed by atoms with Gasteiger partial charge in [-0.05, 0) is 36.6 Å². The molecule has 122 valence electrons. The standard InChI is InChI=1S/C18H23N3O2/c1-13(2)7-9-19-17-11-14(8-10-20-17)18(22)21-15-5-4-6-16(12-15)23-3/h4-6,8,10-13H,7,9H2,1-3H3,(H,19,20)(H,21,22). The van der Waals surface area contributed by atoms with Gasteiger partial charge in [-0.3, -0.25) is 4.79 Å². The van der Waals surface area contributed by atoms with Crippen molar-refractivity contribution in [3.63, 3.8) is 0 Å². The SMILES string of the molecule is COc1cccc(NC(=O)c2ccnc(NCCC(C)C)c2)c1. The third-order valence-corrected chi connectivity index (χ3v) is 3.38. The van der Waals surface area contributed by atoms with Gasteiger partial charge in [0.1, 0.15) is 11.6 Å². The number of nitrogens with one attached hydrogen (secondary N) is 2. The normalized spacial score (nSPS) is 10.4. The maximum atomic E-state index is 12.3. The van der Waals surface area contributed by atoms with E-state index in [2.05, 4.69) is 29.5 Å². The molecule has 1 aromatic heterocycles. The van der Waals surface area contributed by atoms with Crippen molar-refractivity contribution in [1.82, 2.24) is 4.98 Å². The Kier molecular flexibility index (Phi) is 5.97. The fraction of sp³-hybridized carbons (Fsp3) is 0.333. The van der Waals surface area contributed by atoms with Crippen molar-refractivity contribution in [1.29, 1.82) is 0 Å². The number of hydrogen-bond acceptors (Lipinski definition) is 4. The number of hydrogen-bond donors (Lipinski definition) is 2. The van der Waals surface area contributed by atoms with Crippen LogP contribution < -0.4 is 15.4 Å². The third kappa shape index (κ3) is 5.29. The number of carbonyl (C=O) groups excluding carboxylic acids is 1. The number of anilines is 2. The molecular weight excluding hydrogens is 290 g/mol. The predicted octanol–water partition coefficient (Wildman–Crippen LogP) is 3.80. The molecule has 1 heterocycles. The van der Waals surface area contributed by atoms with Crippen LogP contribution in [0.2, 0.25) is 0 Å². The number of carbonyl (C=O) groups is 1. The Morgan fingerprint density at radius 2 is 2.09 bits per heavy atom. The lowest BCUT2D eigenvalue weighted by Gasteiger charge is -2.10. The first kappa shape index (κ1) is 16.8. The average Bonchev–Trinajstić information content (AvgIpc) is 2.55. The molecule has 0 atom stereocenters. The summed E-state index contributed by atoms with van der Waals surface area (Å²) < 4.78 is 5.15. The van der Waals surface area contributed by atoms with Crippen LogP contribution in [0.25, 0.3) is 0 Å². The van der Waals surface area contributed by atoms with Gasteiger partial charge in [-0.1, -0.05) is 19.9 Å². The predicted molar refractivity (Wildman–Crippen MR) is 93.1 cm³/mol. The number of nitrogens with zero attached hydrogens (tertiary/aromatic N) is 1. The van der Waals surface area contributed by atoms with Crippen LogP contribution in [0.15, 0.2) is 42.6 Å². The van der Waals surface area contributed by atoms with E-state index in [-0.39, 0.29) is 5.91 Å². The molecule has 0 bridgehead atoms. The summed E-state index contributed by atoms with van der Waals surface area (Å²) in [7, 11) is 1.60. The fourth-order valence-corrected chi connectivity index (χ4v) is 2.06. The molecule has 0 saturated heterocycles. The minimum Gasteiger partial charge on any atom is -0.497 e. The van der Waals surface area contributed by atoms with E-state index in [9.17, 15) is 4.79 Å². The van der Waals surface area contributed by atoms with Crippen LogP contribution >= 0.6 is 0 Å². The lowest BCUT2D eigenvalue weighted by atomic mass is 10.1. The highest BCUT2D eigenvalue weighted by Gasteiger charge is 2.08. The number of rotatable bonds is 7. The fourth-order valence-electron chi connectivity index (χ4n) is 2.06. The van der Waals surface area contributed by atoms with Crippen molar-refractivity contribution >= 4 is 17.4 Å². The van der Waals surface area contributed by atoms with Gasteiger partial charge in [-0.15, -0.1) is 0 Å². The molecule has 0 unspecified atom stereocenters. The molecule has 1 aromatic carbocycles. The summed E-state index contributed by atoms with van der Waals surface area (Å²) in [5.74, 6) is 1.87. The van der Waals surface area contributed by atoms with Gasteiger partial charge >= 0.3 is 0 Å². The number of pyridine rings is 1. The summed E-state index contributed by atoms with van der Waals surface area (Å²) in [6.45, 7) is 5.19. The highest BCUT2D eigenvalue weighted by molar-refractivity contribution is 6.04. The molecule has 1 amide bonds. The van der Waals surface area contributed by atoms with Gasteiger partial charge in [0.25, 0.3) is 5.91 Å². The molecule has 0 aliphatic rings. The monoisotopic (exact) mass is 313 g/mol. The highest BCUT2D eigenvalue weighted by Crippen LogP contribution is 2.18. The van der Waals surface area contributed by atoms with Gasteiger partial charge in [0.05, 0.1) is 7.11 Å². The summed E-state index contributed by atoms with van der Waals surface area (Å²) in [5, 5.41) is 6.10. The van der Waals surface area contributed by atoms with E-state index < -0.39 is 0 Å². The molecule has 5 nitrogen and oxygen atoms in total. The lowest BCUT2D eigenvalue weighted by Crippen LogP contribution is -2.13. The highest BCUT2D eigenvalue weighted by atomic mass is 16.5. The van der Waals surface area contributed by atoms with Crippen molar-refractivity contribution < 1.29 is 9.53 Å². The lowest BCUT2D eigenvalue weighted by molar-refractivity contribution is 0.102. The van der Waals surface area contributed by atoms with Crippen LogP contribution in [0.4, 0.5) is 11.5 Å². The van der Waals surface area contributed by atoms with Gasteiger partial charge in [-0.25, -0.2) is 4.98 Å². The van der Waals surface area contributed by atoms with Gasteiger partial charge in [0, 0.05) is 30.1 Å². The number of ether oxygens (including phenoxy) is 1. The molecule has 5 heteroatoms. The second-order valence-corrected chi connectivity index (χ2v) is 5.73. The van der Waals surface area contributed by atoms with Crippen LogP contribution in [0.5, 0.6) is 5.75 Å². The van der Waals surface area contributed by atoms with Crippen LogP contribution in [0, 0.1) is 5.92 Å². The van der Waals surface area contributed by atoms with Crippen molar-refractivity contribution in [2.24, 2.45) is 5.92 Å². The van der Waals surface area contributed by atoms with Gasteiger partial charge in [0.15, 0.2) is 0 Å². The van der Waals surface area contributed by atoms with Gasteiger partial charge in [-0.2, -0.15) is 0 Å². The summed E-state index contributed by atoms with van der Waals surface area (Å²) in [6.07, 6.45) is 2.69. The Morgan fingerprint density at radius 3 is 2.83 bits per heavy atom. The molecule has 2 aromatic rings. The van der Waals surface area contributed by atoms with E-state index in [1.165, 1.54) is 0 Å². The molecule has 2 N–H and O–H groups in total. The minimum atomic E-state index is -0.174. The van der Waals surface area contributed by atoms with Crippen molar-refractivity contribution in [2.75, 3.05) is 24.3 Å². The first-order valence-electron chi connectivity index (χ1n) is 7.74. The van der Waals surface area contributed by atoms with E-state index in [0.717, 1.165) is 13.0 Å². The van der Waals surface area contributed by atoms with Crippen LogP contribution in [-0.2, 0) is 0 Å². The maximum absolute atomic E-state index is 12.3. The Morgan fingerprint density at radius 1 is 1.26 bits per heavy atom. The number of amides is 1. The summed E-state index contributed by atoms with van der Waals surface area (Å²) >= 11 is 0. The molecule has 0 saturated carbocycles. The number of aromatic nitrogens is 1.